The van der Waals surface area contributed by atoms with Crippen LogP contribution >= 0.6 is 0 Å². The van der Waals surface area contributed by atoms with Crippen LogP contribution < -0.4 is 19.7 Å². The lowest BCUT2D eigenvalue weighted by atomic mass is 10.1. The molecular formula is C20H28N2O2. The van der Waals surface area contributed by atoms with Crippen LogP contribution in [-0.4, -0.2) is 27.3 Å². The van der Waals surface area contributed by atoms with Crippen molar-refractivity contribution >= 4 is 5.69 Å². The van der Waals surface area contributed by atoms with Crippen LogP contribution in [0.5, 0.6) is 11.5 Å². The summed E-state index contributed by atoms with van der Waals surface area (Å²) in [5, 5.41) is 3.47. The summed E-state index contributed by atoms with van der Waals surface area (Å²) < 4.78 is 11.2. The van der Waals surface area contributed by atoms with Crippen molar-refractivity contribution in [2.45, 2.75) is 33.0 Å². The van der Waals surface area contributed by atoms with Gasteiger partial charge in [0, 0.05) is 32.9 Å². The number of hydrogen-bond donors (Lipinski definition) is 1. The molecule has 0 fully saturated rings. The summed E-state index contributed by atoms with van der Waals surface area (Å²) in [6, 6.07) is 14.7. The van der Waals surface area contributed by atoms with Gasteiger partial charge in [-0.3, -0.25) is 0 Å². The van der Waals surface area contributed by atoms with E-state index in [1.54, 1.807) is 7.11 Å². The molecule has 0 aliphatic carbocycles. The van der Waals surface area contributed by atoms with Crippen molar-refractivity contribution < 1.29 is 9.47 Å². The van der Waals surface area contributed by atoms with Crippen LogP contribution in [0.4, 0.5) is 5.69 Å². The number of nitrogens with zero attached hydrogens (tertiary/aromatic N) is 1. The molecule has 0 aromatic heterocycles. The maximum absolute atomic E-state index is 5.75. The second-order valence-corrected chi connectivity index (χ2v) is 6.32. The largest absolute Gasteiger partial charge is 0.493 e. The molecule has 0 saturated carbocycles. The first kappa shape index (κ1) is 18.1. The summed E-state index contributed by atoms with van der Waals surface area (Å²) in [5.74, 6) is 1.56. The number of methoxy groups -OCH3 is 1. The summed E-state index contributed by atoms with van der Waals surface area (Å²) in [7, 11) is 5.77. The van der Waals surface area contributed by atoms with E-state index >= 15 is 0 Å². The number of benzene rings is 2. The third-order valence-electron chi connectivity index (χ3n) is 3.70. The van der Waals surface area contributed by atoms with E-state index in [2.05, 4.69) is 40.5 Å². The Kier molecular flexibility index (Phi) is 6.50. The van der Waals surface area contributed by atoms with Crippen LogP contribution in [0.1, 0.15) is 25.0 Å². The molecule has 2 aromatic rings. The van der Waals surface area contributed by atoms with Crippen molar-refractivity contribution in [2.24, 2.45) is 0 Å². The Balaban J connectivity index is 1.92. The lowest BCUT2D eigenvalue weighted by Crippen LogP contribution is -2.13. The second kappa shape index (κ2) is 8.60. The lowest BCUT2D eigenvalue weighted by molar-refractivity contribution is 0.230. The summed E-state index contributed by atoms with van der Waals surface area (Å²) in [4.78, 5) is 2.10. The second-order valence-electron chi connectivity index (χ2n) is 6.32. The molecule has 0 aliphatic heterocycles. The molecule has 0 amide bonds. The number of ether oxygens (including phenoxy) is 2. The van der Waals surface area contributed by atoms with Gasteiger partial charge in [0.05, 0.1) is 13.2 Å². The Hall–Kier alpha value is -2.20. The Morgan fingerprint density at radius 2 is 1.54 bits per heavy atom. The van der Waals surface area contributed by atoms with E-state index in [-0.39, 0.29) is 6.10 Å². The van der Waals surface area contributed by atoms with E-state index in [0.717, 1.165) is 24.6 Å². The lowest BCUT2D eigenvalue weighted by Gasteiger charge is -2.15. The van der Waals surface area contributed by atoms with Gasteiger partial charge < -0.3 is 19.7 Å². The van der Waals surface area contributed by atoms with Gasteiger partial charge in [-0.2, -0.15) is 0 Å². The Morgan fingerprint density at radius 1 is 0.917 bits per heavy atom. The number of nitrogens with one attached hydrogen (secondary N) is 1. The minimum Gasteiger partial charge on any atom is -0.493 e. The SMILES string of the molecule is COc1cc(CNCc2ccc(N(C)C)cc2)ccc1OC(C)C. The minimum absolute atomic E-state index is 0.132. The predicted octanol–water partition coefficient (Wildman–Crippen LogP) is 3.84. The van der Waals surface area contributed by atoms with Gasteiger partial charge in [-0.05, 0) is 49.2 Å². The zero-order valence-corrected chi connectivity index (χ0v) is 15.3. The molecule has 130 valence electrons. The van der Waals surface area contributed by atoms with Crippen molar-refractivity contribution in [2.75, 3.05) is 26.1 Å². The molecule has 2 rings (SSSR count). The molecule has 0 saturated heterocycles. The molecule has 0 bridgehead atoms. The predicted molar refractivity (Wildman–Crippen MR) is 100 cm³/mol. The first-order valence-electron chi connectivity index (χ1n) is 8.30. The first-order valence-corrected chi connectivity index (χ1v) is 8.30. The zero-order valence-electron chi connectivity index (χ0n) is 15.3. The van der Waals surface area contributed by atoms with Crippen molar-refractivity contribution in [3.05, 3.63) is 53.6 Å². The molecule has 0 radical (unpaired) electrons. The average molecular weight is 328 g/mol. The Labute approximate surface area is 145 Å². The Bertz CT molecular complexity index is 637. The normalized spacial score (nSPS) is 10.8. The molecule has 1 N–H and O–H groups in total. The highest BCUT2D eigenvalue weighted by molar-refractivity contribution is 5.46. The van der Waals surface area contributed by atoms with Crippen molar-refractivity contribution in [1.29, 1.82) is 0 Å². The first-order chi connectivity index (χ1) is 11.5. The number of anilines is 1. The minimum atomic E-state index is 0.132. The average Bonchev–Trinajstić information content (AvgIpc) is 2.56. The van der Waals surface area contributed by atoms with Gasteiger partial charge in [0.15, 0.2) is 11.5 Å². The molecule has 0 atom stereocenters. The highest BCUT2D eigenvalue weighted by Crippen LogP contribution is 2.29. The smallest absolute Gasteiger partial charge is 0.161 e. The van der Waals surface area contributed by atoms with Gasteiger partial charge in [0.25, 0.3) is 0 Å². The summed E-state index contributed by atoms with van der Waals surface area (Å²) in [6.45, 7) is 5.64. The maximum atomic E-state index is 5.75. The quantitative estimate of drug-likeness (QED) is 0.798. The van der Waals surface area contributed by atoms with Crippen LogP contribution in [0.25, 0.3) is 0 Å². The van der Waals surface area contributed by atoms with Gasteiger partial charge in [0.2, 0.25) is 0 Å². The third kappa shape index (κ3) is 5.17. The van der Waals surface area contributed by atoms with Crippen LogP contribution in [0.2, 0.25) is 0 Å². The molecule has 0 heterocycles. The number of hydrogen-bond acceptors (Lipinski definition) is 4. The molecule has 4 nitrogen and oxygen atoms in total. The standard InChI is InChI=1S/C20H28N2O2/c1-15(2)24-19-11-8-17(12-20(19)23-5)14-21-13-16-6-9-18(10-7-16)22(3)4/h6-12,15,21H,13-14H2,1-5H3. The summed E-state index contributed by atoms with van der Waals surface area (Å²) in [6.07, 6.45) is 0.132. The monoisotopic (exact) mass is 328 g/mol. The van der Waals surface area contributed by atoms with Gasteiger partial charge >= 0.3 is 0 Å². The van der Waals surface area contributed by atoms with E-state index in [0.29, 0.717) is 0 Å². The molecule has 0 spiro atoms. The van der Waals surface area contributed by atoms with Crippen molar-refractivity contribution in [3.8, 4) is 11.5 Å². The van der Waals surface area contributed by atoms with Crippen LogP contribution in [0.15, 0.2) is 42.5 Å². The van der Waals surface area contributed by atoms with E-state index in [9.17, 15) is 0 Å². The van der Waals surface area contributed by atoms with Crippen molar-refractivity contribution in [1.82, 2.24) is 5.32 Å². The molecule has 0 aliphatic rings. The fourth-order valence-corrected chi connectivity index (χ4v) is 2.44. The van der Waals surface area contributed by atoms with Gasteiger partial charge in [-0.25, -0.2) is 0 Å². The van der Waals surface area contributed by atoms with Gasteiger partial charge in [0.1, 0.15) is 0 Å². The van der Waals surface area contributed by atoms with Crippen LogP contribution in [-0.2, 0) is 13.1 Å². The molecular weight excluding hydrogens is 300 g/mol. The summed E-state index contributed by atoms with van der Waals surface area (Å²) >= 11 is 0. The molecule has 24 heavy (non-hydrogen) atoms. The van der Waals surface area contributed by atoms with Crippen molar-refractivity contribution in [3.63, 3.8) is 0 Å². The van der Waals surface area contributed by atoms with Gasteiger partial charge in [-0.1, -0.05) is 18.2 Å². The zero-order chi connectivity index (χ0) is 17.5. The van der Waals surface area contributed by atoms with Crippen LogP contribution in [0, 0.1) is 0 Å². The third-order valence-corrected chi connectivity index (χ3v) is 3.70. The van der Waals surface area contributed by atoms with E-state index in [4.69, 9.17) is 9.47 Å². The fourth-order valence-electron chi connectivity index (χ4n) is 2.44. The van der Waals surface area contributed by atoms with E-state index < -0.39 is 0 Å². The fraction of sp³-hybridized carbons (Fsp3) is 0.400. The number of rotatable bonds is 8. The Morgan fingerprint density at radius 3 is 2.12 bits per heavy atom. The maximum Gasteiger partial charge on any atom is 0.161 e. The van der Waals surface area contributed by atoms with E-state index in [1.165, 1.54) is 16.8 Å². The van der Waals surface area contributed by atoms with E-state index in [1.807, 2.05) is 40.1 Å². The topological polar surface area (TPSA) is 33.7 Å². The molecule has 4 heteroatoms. The highest BCUT2D eigenvalue weighted by atomic mass is 16.5. The van der Waals surface area contributed by atoms with Crippen LogP contribution in [0.3, 0.4) is 0 Å². The highest BCUT2D eigenvalue weighted by Gasteiger charge is 2.07. The summed E-state index contributed by atoms with van der Waals surface area (Å²) in [5.41, 5.74) is 3.66. The van der Waals surface area contributed by atoms with Gasteiger partial charge in [-0.15, -0.1) is 0 Å². The molecule has 2 aromatic carbocycles. The molecule has 0 unspecified atom stereocenters.